The number of hydrogen-bond acceptors (Lipinski definition) is 0. The minimum Gasteiger partial charge on any atom is -0.0904 e. The molecule has 0 bridgehead atoms. The van der Waals surface area contributed by atoms with E-state index in [4.69, 9.17) is 0 Å². The Kier molecular flexibility index (Phi) is 5.03. The van der Waals surface area contributed by atoms with Crippen LogP contribution in [0.25, 0.3) is 0 Å². The molecule has 1 rings (SSSR count). The van der Waals surface area contributed by atoms with Gasteiger partial charge in [-0.05, 0) is 17.9 Å². The molecule has 1 atom stereocenters. The van der Waals surface area contributed by atoms with E-state index in [-0.39, 0.29) is 0 Å². The first kappa shape index (κ1) is 9.74. The average Bonchev–Trinajstić information content (AvgIpc) is 2.14. The van der Waals surface area contributed by atoms with Gasteiger partial charge in [0.25, 0.3) is 0 Å². The summed E-state index contributed by atoms with van der Waals surface area (Å²) in [7, 11) is 1.01. The molecule has 0 aliphatic rings. The Balaban J connectivity index is 2.16. The topological polar surface area (TPSA) is 0 Å². The van der Waals surface area contributed by atoms with Crippen molar-refractivity contribution in [2.24, 2.45) is 0 Å². The van der Waals surface area contributed by atoms with Crippen LogP contribution in [0.5, 0.6) is 0 Å². The van der Waals surface area contributed by atoms with E-state index in [1.807, 2.05) is 0 Å². The van der Waals surface area contributed by atoms with E-state index in [2.05, 4.69) is 37.3 Å². The molecule has 0 N–H and O–H groups in total. The third-order valence-corrected chi connectivity index (χ3v) is 3.23. The Labute approximate surface area is 77.2 Å². The molecule has 0 aliphatic heterocycles. The lowest BCUT2D eigenvalue weighted by Gasteiger charge is -1.99. The Hall–Kier alpha value is -0.350. The molecule has 1 unspecified atom stereocenters. The van der Waals surface area contributed by atoms with Crippen LogP contribution in [0.3, 0.4) is 0 Å². The molecule has 0 heterocycles. The molecule has 0 radical (unpaired) electrons. The van der Waals surface area contributed by atoms with Gasteiger partial charge in [-0.3, -0.25) is 0 Å². The number of hydrogen-bond donors (Lipinski definition) is 0. The summed E-state index contributed by atoms with van der Waals surface area (Å²) in [6, 6.07) is 10.8. The van der Waals surface area contributed by atoms with Gasteiger partial charge in [0.2, 0.25) is 0 Å². The van der Waals surface area contributed by atoms with Crippen molar-refractivity contribution in [1.29, 1.82) is 0 Å². The second-order valence-electron chi connectivity index (χ2n) is 3.00. The van der Waals surface area contributed by atoms with E-state index in [1.165, 1.54) is 30.7 Å². The van der Waals surface area contributed by atoms with E-state index in [1.54, 1.807) is 0 Å². The molecule has 0 fully saturated rings. The Morgan fingerprint density at radius 1 is 1.08 bits per heavy atom. The first-order valence-corrected chi connectivity index (χ1v) is 5.93. The van der Waals surface area contributed by atoms with Gasteiger partial charge in [-0.2, -0.15) is 0 Å². The second-order valence-corrected chi connectivity index (χ2v) is 4.43. The molecule has 0 saturated carbocycles. The van der Waals surface area contributed by atoms with Crippen LogP contribution >= 0.6 is 8.58 Å². The first-order valence-electron chi connectivity index (χ1n) is 4.72. The standard InChI is InChI=1S/C11H17P/c1-2-3-7-10-12-11-8-5-4-6-9-11/h4-6,8-9,12H,2-3,7,10H2,1H3. The summed E-state index contributed by atoms with van der Waals surface area (Å²) >= 11 is 0. The van der Waals surface area contributed by atoms with Crippen LogP contribution in [0.2, 0.25) is 0 Å². The third kappa shape index (κ3) is 3.88. The molecular formula is C11H17P. The molecular weight excluding hydrogens is 163 g/mol. The predicted octanol–water partition coefficient (Wildman–Crippen LogP) is 3.18. The highest BCUT2D eigenvalue weighted by atomic mass is 31.1. The zero-order valence-corrected chi connectivity index (χ0v) is 8.72. The summed E-state index contributed by atoms with van der Waals surface area (Å²) in [6.45, 7) is 2.26. The fraction of sp³-hybridized carbons (Fsp3) is 0.455. The lowest BCUT2D eigenvalue weighted by Crippen LogP contribution is -1.93. The van der Waals surface area contributed by atoms with Crippen molar-refractivity contribution < 1.29 is 0 Å². The number of benzene rings is 1. The summed E-state index contributed by atoms with van der Waals surface area (Å²) in [6.07, 6.45) is 5.49. The van der Waals surface area contributed by atoms with E-state index in [0.29, 0.717) is 0 Å². The molecule has 1 aromatic carbocycles. The molecule has 0 saturated heterocycles. The summed E-state index contributed by atoms with van der Waals surface area (Å²) < 4.78 is 0. The van der Waals surface area contributed by atoms with Gasteiger partial charge >= 0.3 is 0 Å². The number of rotatable bonds is 5. The van der Waals surface area contributed by atoms with Gasteiger partial charge in [-0.1, -0.05) is 58.7 Å². The lowest BCUT2D eigenvalue weighted by molar-refractivity contribution is 0.778. The van der Waals surface area contributed by atoms with Crippen LogP contribution in [-0.2, 0) is 0 Å². The summed E-state index contributed by atoms with van der Waals surface area (Å²) in [5, 5.41) is 1.51. The highest BCUT2D eigenvalue weighted by molar-refractivity contribution is 7.47. The second kappa shape index (κ2) is 6.20. The molecule has 0 aliphatic carbocycles. The van der Waals surface area contributed by atoms with Crippen molar-refractivity contribution in [1.82, 2.24) is 0 Å². The summed E-state index contributed by atoms with van der Waals surface area (Å²) in [4.78, 5) is 0. The van der Waals surface area contributed by atoms with Crippen molar-refractivity contribution in [3.8, 4) is 0 Å². The van der Waals surface area contributed by atoms with Crippen molar-refractivity contribution >= 4 is 13.9 Å². The molecule has 12 heavy (non-hydrogen) atoms. The van der Waals surface area contributed by atoms with E-state index >= 15 is 0 Å². The van der Waals surface area contributed by atoms with Crippen LogP contribution in [-0.4, -0.2) is 6.16 Å². The molecule has 0 nitrogen and oxygen atoms in total. The van der Waals surface area contributed by atoms with Crippen LogP contribution in [0.4, 0.5) is 0 Å². The van der Waals surface area contributed by atoms with Crippen LogP contribution < -0.4 is 5.30 Å². The van der Waals surface area contributed by atoms with Crippen LogP contribution in [0, 0.1) is 0 Å². The Morgan fingerprint density at radius 3 is 2.50 bits per heavy atom. The molecule has 1 aromatic rings. The summed E-state index contributed by atoms with van der Waals surface area (Å²) in [5.41, 5.74) is 0. The zero-order chi connectivity index (χ0) is 8.65. The highest BCUT2D eigenvalue weighted by Gasteiger charge is 1.90. The predicted molar refractivity (Wildman–Crippen MR) is 58.8 cm³/mol. The smallest absolute Gasteiger partial charge is 0.0271 e. The van der Waals surface area contributed by atoms with Gasteiger partial charge in [0.15, 0.2) is 0 Å². The van der Waals surface area contributed by atoms with E-state index in [0.717, 1.165) is 8.58 Å². The molecule has 0 spiro atoms. The Bertz CT molecular complexity index is 193. The molecule has 1 heteroatoms. The lowest BCUT2D eigenvalue weighted by atomic mass is 10.3. The minimum atomic E-state index is 1.01. The fourth-order valence-corrected chi connectivity index (χ4v) is 2.31. The normalized spacial score (nSPS) is 11.1. The van der Waals surface area contributed by atoms with Gasteiger partial charge in [-0.15, -0.1) is 0 Å². The van der Waals surface area contributed by atoms with Crippen molar-refractivity contribution in [3.63, 3.8) is 0 Å². The largest absolute Gasteiger partial charge is 0.0904 e. The molecule has 66 valence electrons. The first-order chi connectivity index (χ1) is 5.93. The average molecular weight is 180 g/mol. The van der Waals surface area contributed by atoms with Crippen molar-refractivity contribution in [3.05, 3.63) is 30.3 Å². The number of unbranched alkanes of at least 4 members (excludes halogenated alkanes) is 2. The van der Waals surface area contributed by atoms with Gasteiger partial charge in [-0.25, -0.2) is 0 Å². The fourth-order valence-electron chi connectivity index (χ4n) is 1.16. The SMILES string of the molecule is CCCCCPc1ccccc1. The molecule has 0 aromatic heterocycles. The van der Waals surface area contributed by atoms with Gasteiger partial charge in [0.05, 0.1) is 0 Å². The Morgan fingerprint density at radius 2 is 1.83 bits per heavy atom. The van der Waals surface area contributed by atoms with Crippen molar-refractivity contribution in [2.45, 2.75) is 26.2 Å². The van der Waals surface area contributed by atoms with Gasteiger partial charge in [0.1, 0.15) is 0 Å². The maximum absolute atomic E-state index is 2.26. The third-order valence-electron chi connectivity index (χ3n) is 1.88. The van der Waals surface area contributed by atoms with Gasteiger partial charge < -0.3 is 0 Å². The summed E-state index contributed by atoms with van der Waals surface area (Å²) in [5.74, 6) is 0. The minimum absolute atomic E-state index is 1.01. The van der Waals surface area contributed by atoms with Crippen molar-refractivity contribution in [2.75, 3.05) is 6.16 Å². The molecule has 0 amide bonds. The van der Waals surface area contributed by atoms with E-state index < -0.39 is 0 Å². The maximum Gasteiger partial charge on any atom is -0.0271 e. The highest BCUT2D eigenvalue weighted by Crippen LogP contribution is 2.12. The zero-order valence-electron chi connectivity index (χ0n) is 7.72. The quantitative estimate of drug-likeness (QED) is 0.482. The van der Waals surface area contributed by atoms with Gasteiger partial charge in [0, 0.05) is 0 Å². The van der Waals surface area contributed by atoms with Crippen LogP contribution in [0.1, 0.15) is 26.2 Å². The van der Waals surface area contributed by atoms with E-state index in [9.17, 15) is 0 Å². The van der Waals surface area contributed by atoms with Crippen LogP contribution in [0.15, 0.2) is 30.3 Å². The monoisotopic (exact) mass is 180 g/mol. The maximum atomic E-state index is 2.26.